The predicted molar refractivity (Wildman–Crippen MR) is 86.9 cm³/mol. The summed E-state index contributed by atoms with van der Waals surface area (Å²) < 4.78 is 5.29. The van der Waals surface area contributed by atoms with Crippen LogP contribution in [0.5, 0.6) is 0 Å². The van der Waals surface area contributed by atoms with Crippen LogP contribution in [0.25, 0.3) is 11.3 Å². The number of likely N-dealkylation sites (tertiary alicyclic amines) is 1. The number of rotatable bonds is 4. The molecular weight excluding hydrogens is 290 g/mol. The van der Waals surface area contributed by atoms with Gasteiger partial charge in [-0.05, 0) is 31.8 Å². The van der Waals surface area contributed by atoms with Crippen LogP contribution in [0.3, 0.4) is 0 Å². The van der Waals surface area contributed by atoms with Gasteiger partial charge in [0, 0.05) is 31.3 Å². The maximum absolute atomic E-state index is 12.6. The summed E-state index contributed by atoms with van der Waals surface area (Å²) in [6.07, 6.45) is 0. The molecule has 1 saturated heterocycles. The van der Waals surface area contributed by atoms with Crippen molar-refractivity contribution in [3.63, 3.8) is 0 Å². The smallest absolute Gasteiger partial charge is 0.292 e. The van der Waals surface area contributed by atoms with Gasteiger partial charge in [-0.25, -0.2) is 0 Å². The Morgan fingerprint density at radius 1 is 1.26 bits per heavy atom. The fourth-order valence-electron chi connectivity index (χ4n) is 3.78. The van der Waals surface area contributed by atoms with Crippen molar-refractivity contribution in [2.75, 3.05) is 33.7 Å². The summed E-state index contributed by atoms with van der Waals surface area (Å²) in [5.41, 5.74) is 1.68. The molecule has 0 N–H and O–H groups in total. The highest BCUT2D eigenvalue weighted by Gasteiger charge is 2.56. The van der Waals surface area contributed by atoms with Crippen LogP contribution in [0.4, 0.5) is 0 Å². The lowest BCUT2D eigenvalue weighted by Gasteiger charge is -2.19. The first-order chi connectivity index (χ1) is 11.1. The molecule has 1 aliphatic heterocycles. The fourth-order valence-corrected chi connectivity index (χ4v) is 3.78. The Labute approximate surface area is 135 Å². The summed E-state index contributed by atoms with van der Waals surface area (Å²) >= 11 is 0. The zero-order valence-corrected chi connectivity index (χ0v) is 13.5. The molecule has 0 bridgehead atoms. The highest BCUT2D eigenvalue weighted by molar-refractivity contribution is 5.92. The maximum Gasteiger partial charge on any atom is 0.292 e. The summed E-state index contributed by atoms with van der Waals surface area (Å²) in [6.45, 7) is 2.82. The van der Waals surface area contributed by atoms with Crippen LogP contribution in [0.2, 0.25) is 0 Å². The van der Waals surface area contributed by atoms with Crippen LogP contribution in [0.1, 0.15) is 10.6 Å². The molecule has 1 aliphatic carbocycles. The summed E-state index contributed by atoms with van der Waals surface area (Å²) in [5, 5.41) is 4.03. The van der Waals surface area contributed by atoms with Crippen molar-refractivity contribution in [1.82, 2.24) is 15.0 Å². The van der Waals surface area contributed by atoms with Crippen LogP contribution in [-0.2, 0) is 0 Å². The number of carbonyl (C=O) groups is 1. The highest BCUT2D eigenvalue weighted by atomic mass is 16.5. The van der Waals surface area contributed by atoms with Crippen molar-refractivity contribution in [1.29, 1.82) is 0 Å². The van der Waals surface area contributed by atoms with Crippen molar-refractivity contribution in [2.24, 2.45) is 17.8 Å². The van der Waals surface area contributed by atoms with Gasteiger partial charge in [0.15, 0.2) is 0 Å². The molecule has 23 heavy (non-hydrogen) atoms. The van der Waals surface area contributed by atoms with Crippen molar-refractivity contribution < 1.29 is 9.32 Å². The molecule has 1 unspecified atom stereocenters. The number of benzene rings is 1. The van der Waals surface area contributed by atoms with E-state index in [0.717, 1.165) is 31.1 Å². The maximum atomic E-state index is 12.6. The molecule has 4 rings (SSSR count). The van der Waals surface area contributed by atoms with E-state index in [-0.39, 0.29) is 5.91 Å². The number of piperidine rings is 1. The van der Waals surface area contributed by atoms with Gasteiger partial charge in [-0.15, -0.1) is 0 Å². The van der Waals surface area contributed by atoms with E-state index in [1.54, 1.807) is 6.07 Å². The lowest BCUT2D eigenvalue weighted by atomic mass is 10.1. The van der Waals surface area contributed by atoms with E-state index in [1.165, 1.54) is 0 Å². The van der Waals surface area contributed by atoms with Gasteiger partial charge in [-0.1, -0.05) is 35.5 Å². The number of nitrogens with zero attached hydrogens (tertiary/aromatic N) is 3. The zero-order chi connectivity index (χ0) is 16.0. The Bertz CT molecular complexity index is 698. The van der Waals surface area contributed by atoms with E-state index >= 15 is 0 Å². The molecule has 0 radical (unpaired) electrons. The lowest BCUT2D eigenvalue weighted by Crippen LogP contribution is -2.32. The van der Waals surface area contributed by atoms with Crippen molar-refractivity contribution in [3.8, 4) is 11.3 Å². The fraction of sp³-hybridized carbons (Fsp3) is 0.444. The second-order valence-electron chi connectivity index (χ2n) is 6.91. The molecule has 0 spiro atoms. The van der Waals surface area contributed by atoms with E-state index < -0.39 is 0 Å². The van der Waals surface area contributed by atoms with Crippen LogP contribution < -0.4 is 0 Å². The van der Waals surface area contributed by atoms with Crippen molar-refractivity contribution in [3.05, 3.63) is 42.2 Å². The van der Waals surface area contributed by atoms with Gasteiger partial charge < -0.3 is 14.3 Å². The molecular formula is C18H21N3O2. The van der Waals surface area contributed by atoms with E-state index in [1.807, 2.05) is 35.2 Å². The molecule has 2 fully saturated rings. The molecule has 3 atom stereocenters. The van der Waals surface area contributed by atoms with E-state index in [9.17, 15) is 4.79 Å². The van der Waals surface area contributed by atoms with Crippen molar-refractivity contribution in [2.45, 2.75) is 0 Å². The van der Waals surface area contributed by atoms with Crippen LogP contribution in [-0.4, -0.2) is 54.6 Å². The molecule has 1 amide bonds. The van der Waals surface area contributed by atoms with Crippen LogP contribution in [0.15, 0.2) is 40.9 Å². The average molecular weight is 311 g/mol. The number of aromatic nitrogens is 1. The van der Waals surface area contributed by atoms with Gasteiger partial charge in [0.25, 0.3) is 5.91 Å². The molecule has 1 aromatic heterocycles. The van der Waals surface area contributed by atoms with Gasteiger partial charge in [0.1, 0.15) is 5.69 Å². The van der Waals surface area contributed by atoms with Gasteiger partial charge in [-0.3, -0.25) is 4.79 Å². The van der Waals surface area contributed by atoms with E-state index in [2.05, 4.69) is 24.2 Å². The second kappa shape index (κ2) is 5.49. The van der Waals surface area contributed by atoms with Gasteiger partial charge in [0.2, 0.25) is 5.76 Å². The third-order valence-corrected chi connectivity index (χ3v) is 5.03. The zero-order valence-electron chi connectivity index (χ0n) is 13.5. The number of amides is 1. The summed E-state index contributed by atoms with van der Waals surface area (Å²) in [6, 6.07) is 11.5. The highest BCUT2D eigenvalue weighted by Crippen LogP contribution is 2.52. The largest absolute Gasteiger partial charge is 0.350 e. The molecule has 2 aromatic rings. The van der Waals surface area contributed by atoms with Crippen LogP contribution in [0, 0.1) is 17.8 Å². The number of fused-ring (bicyclic) bond motifs is 1. The van der Waals surface area contributed by atoms with E-state index in [0.29, 0.717) is 23.3 Å². The molecule has 120 valence electrons. The molecule has 1 saturated carbocycles. The molecule has 5 nitrogen and oxygen atoms in total. The first-order valence-corrected chi connectivity index (χ1v) is 8.09. The van der Waals surface area contributed by atoms with Gasteiger partial charge in [-0.2, -0.15) is 0 Å². The quantitative estimate of drug-likeness (QED) is 0.869. The number of hydrogen-bond donors (Lipinski definition) is 0. The molecule has 2 heterocycles. The number of hydrogen-bond acceptors (Lipinski definition) is 4. The monoisotopic (exact) mass is 311 g/mol. The Balaban J connectivity index is 1.41. The first-order valence-electron chi connectivity index (χ1n) is 8.09. The van der Waals surface area contributed by atoms with Crippen LogP contribution >= 0.6 is 0 Å². The lowest BCUT2D eigenvalue weighted by molar-refractivity contribution is 0.0724. The average Bonchev–Trinajstić information content (AvgIpc) is 3.00. The SMILES string of the molecule is CN(C)CC1[C@H]2CN(C(=O)c3cc(-c4ccccc4)no3)C[C@@H]12. The van der Waals surface area contributed by atoms with Gasteiger partial charge >= 0.3 is 0 Å². The summed E-state index contributed by atoms with van der Waals surface area (Å²) in [7, 11) is 4.22. The predicted octanol–water partition coefficient (Wildman–Crippen LogP) is 2.22. The minimum atomic E-state index is -0.0320. The Kier molecular flexibility index (Phi) is 3.45. The standard InChI is InChI=1S/C18H21N3O2/c1-20(2)9-13-14-10-21(11-15(13)14)18(22)17-8-16(19-23-17)12-6-4-3-5-7-12/h3-8,13-15H,9-11H2,1-2H3/t13?,14-,15+. The number of carbonyl (C=O) groups excluding carboxylic acids is 1. The second-order valence-corrected chi connectivity index (χ2v) is 6.91. The normalized spacial score (nSPS) is 25.7. The third kappa shape index (κ3) is 2.65. The molecule has 5 heteroatoms. The molecule has 2 aliphatic rings. The third-order valence-electron chi connectivity index (χ3n) is 5.03. The summed E-state index contributed by atoms with van der Waals surface area (Å²) in [4.78, 5) is 16.7. The minimum absolute atomic E-state index is 0.0320. The Morgan fingerprint density at radius 3 is 2.61 bits per heavy atom. The topological polar surface area (TPSA) is 49.6 Å². The summed E-state index contributed by atoms with van der Waals surface area (Å²) in [5.74, 6) is 2.39. The Morgan fingerprint density at radius 2 is 1.96 bits per heavy atom. The first kappa shape index (κ1) is 14.5. The van der Waals surface area contributed by atoms with Gasteiger partial charge in [0.05, 0.1) is 0 Å². The van der Waals surface area contributed by atoms with Crippen molar-refractivity contribution >= 4 is 5.91 Å². The Hall–Kier alpha value is -2.14. The molecule has 1 aromatic carbocycles. The minimum Gasteiger partial charge on any atom is -0.350 e. The van der Waals surface area contributed by atoms with E-state index in [4.69, 9.17) is 4.52 Å².